The fourth-order valence-electron chi connectivity index (χ4n) is 3.32. The number of benzene rings is 1. The number of rotatable bonds is 6. The highest BCUT2D eigenvalue weighted by Gasteiger charge is 2.51. The molecule has 6 nitrogen and oxygen atoms in total. The van der Waals surface area contributed by atoms with Gasteiger partial charge in [-0.05, 0) is 36.8 Å². The molecule has 1 aliphatic carbocycles. The van der Waals surface area contributed by atoms with Gasteiger partial charge in [0.05, 0.1) is 12.2 Å². The zero-order valence-electron chi connectivity index (χ0n) is 13.9. The van der Waals surface area contributed by atoms with Crippen molar-refractivity contribution < 1.29 is 19.7 Å². The first-order valence-corrected chi connectivity index (χ1v) is 8.60. The minimum Gasteiger partial charge on any atom is -0.445 e. The number of carbonyl (C=O) groups excluding carboxylic acids is 1. The summed E-state index contributed by atoms with van der Waals surface area (Å²) >= 11 is 0. The Bertz CT molecular complexity index is 547. The number of nitrogens with one attached hydrogen (secondary N) is 1. The van der Waals surface area contributed by atoms with E-state index >= 15 is 0 Å². The van der Waals surface area contributed by atoms with Gasteiger partial charge in [-0.25, -0.2) is 4.79 Å². The third kappa shape index (κ3) is 4.47. The molecule has 1 saturated heterocycles. The second kappa shape index (κ2) is 7.51. The Hall–Kier alpha value is -1.63. The number of ether oxygens (including phenoxy) is 1. The van der Waals surface area contributed by atoms with Crippen molar-refractivity contribution in [1.82, 2.24) is 10.2 Å². The number of nitrogens with zero attached hydrogens (tertiary/aromatic N) is 1. The molecule has 24 heavy (non-hydrogen) atoms. The maximum absolute atomic E-state index is 11.7. The normalized spacial score (nSPS) is 23.7. The summed E-state index contributed by atoms with van der Waals surface area (Å²) in [5, 5.41) is 22.8. The van der Waals surface area contributed by atoms with Crippen LogP contribution in [0.25, 0.3) is 0 Å². The highest BCUT2D eigenvalue weighted by Crippen LogP contribution is 2.53. The highest BCUT2D eigenvalue weighted by atomic mass is 16.5. The van der Waals surface area contributed by atoms with Crippen LogP contribution in [-0.4, -0.2) is 59.6 Å². The van der Waals surface area contributed by atoms with Crippen LogP contribution in [0.5, 0.6) is 0 Å². The second-order valence-corrected chi connectivity index (χ2v) is 6.98. The minimum absolute atomic E-state index is 0.144. The average Bonchev–Trinajstić information content (AvgIpc) is 3.37. The number of piperidine rings is 1. The van der Waals surface area contributed by atoms with Gasteiger partial charge in [0.25, 0.3) is 0 Å². The number of aliphatic hydroxyl groups excluding tert-OH is 2. The van der Waals surface area contributed by atoms with Crippen LogP contribution in [0.3, 0.4) is 0 Å². The Morgan fingerprint density at radius 1 is 1.33 bits per heavy atom. The summed E-state index contributed by atoms with van der Waals surface area (Å²) in [4.78, 5) is 13.7. The highest BCUT2D eigenvalue weighted by molar-refractivity contribution is 5.67. The quantitative estimate of drug-likeness (QED) is 0.726. The van der Waals surface area contributed by atoms with E-state index < -0.39 is 12.2 Å². The lowest BCUT2D eigenvalue weighted by Crippen LogP contribution is -2.49. The first-order valence-electron chi connectivity index (χ1n) is 8.60. The van der Waals surface area contributed by atoms with Crippen LogP contribution < -0.4 is 5.32 Å². The molecule has 1 aromatic rings. The van der Waals surface area contributed by atoms with Crippen molar-refractivity contribution in [2.45, 2.75) is 38.1 Å². The Morgan fingerprint density at radius 3 is 2.75 bits per heavy atom. The molecule has 2 aliphatic rings. The van der Waals surface area contributed by atoms with Crippen LogP contribution in [0.2, 0.25) is 0 Å². The first kappa shape index (κ1) is 17.2. The molecular weight excluding hydrogens is 308 g/mol. The van der Waals surface area contributed by atoms with E-state index in [4.69, 9.17) is 4.74 Å². The van der Waals surface area contributed by atoms with E-state index in [-0.39, 0.29) is 24.7 Å². The van der Waals surface area contributed by atoms with Crippen molar-refractivity contribution in [3.05, 3.63) is 35.9 Å². The molecule has 3 rings (SSSR count). The lowest BCUT2D eigenvalue weighted by molar-refractivity contribution is -0.00769. The second-order valence-electron chi connectivity index (χ2n) is 6.98. The van der Waals surface area contributed by atoms with Crippen molar-refractivity contribution in [2.75, 3.05) is 26.2 Å². The first-order chi connectivity index (χ1) is 11.6. The molecule has 132 valence electrons. The summed E-state index contributed by atoms with van der Waals surface area (Å²) in [5.74, 6) is 0. The number of amides is 1. The van der Waals surface area contributed by atoms with Gasteiger partial charge in [0.15, 0.2) is 0 Å². The van der Waals surface area contributed by atoms with Crippen molar-refractivity contribution in [1.29, 1.82) is 0 Å². The molecule has 1 amide bonds. The smallest absolute Gasteiger partial charge is 0.407 e. The molecule has 0 radical (unpaired) electrons. The van der Waals surface area contributed by atoms with Crippen molar-refractivity contribution in [2.24, 2.45) is 5.41 Å². The summed E-state index contributed by atoms with van der Waals surface area (Å²) < 4.78 is 5.11. The minimum atomic E-state index is -0.672. The van der Waals surface area contributed by atoms with E-state index in [1.54, 1.807) is 0 Å². The summed E-state index contributed by atoms with van der Waals surface area (Å²) in [6.45, 7) is 2.31. The molecule has 0 aromatic heterocycles. The fourth-order valence-corrected chi connectivity index (χ4v) is 3.32. The Morgan fingerprint density at radius 2 is 2.08 bits per heavy atom. The van der Waals surface area contributed by atoms with E-state index in [0.29, 0.717) is 13.1 Å². The standard InChI is InChI=1S/C18H26N2O4/c21-15(11-20-9-8-18(6-7-18)16(22)12-20)10-19-17(23)24-13-14-4-2-1-3-5-14/h1-5,15-16,21-22H,6-13H2,(H,19,23)/t15-,16+/m0/s1. The number of hydrogen-bond acceptors (Lipinski definition) is 5. The van der Waals surface area contributed by atoms with E-state index in [9.17, 15) is 15.0 Å². The summed E-state index contributed by atoms with van der Waals surface area (Å²) in [6, 6.07) is 9.45. The van der Waals surface area contributed by atoms with Crippen LogP contribution in [0.1, 0.15) is 24.8 Å². The van der Waals surface area contributed by atoms with Crippen LogP contribution in [-0.2, 0) is 11.3 Å². The summed E-state index contributed by atoms with van der Waals surface area (Å²) in [5.41, 5.74) is 1.09. The molecule has 1 spiro atoms. The molecule has 6 heteroatoms. The third-order valence-corrected chi connectivity index (χ3v) is 5.12. The van der Waals surface area contributed by atoms with Gasteiger partial charge in [0.2, 0.25) is 0 Å². The molecular formula is C18H26N2O4. The Labute approximate surface area is 142 Å². The molecule has 1 aliphatic heterocycles. The maximum Gasteiger partial charge on any atom is 0.407 e. The number of hydrogen-bond donors (Lipinski definition) is 3. The summed E-state index contributed by atoms with van der Waals surface area (Å²) in [7, 11) is 0. The molecule has 1 saturated carbocycles. The third-order valence-electron chi connectivity index (χ3n) is 5.12. The number of β-amino-alcohol motifs (C(OH)–C–C–N with tert-alkyl or cyclic N) is 2. The van der Waals surface area contributed by atoms with E-state index in [0.717, 1.165) is 31.4 Å². The van der Waals surface area contributed by atoms with Gasteiger partial charge in [-0.15, -0.1) is 0 Å². The molecule has 1 heterocycles. The fraction of sp³-hybridized carbons (Fsp3) is 0.611. The molecule has 0 bridgehead atoms. The van der Waals surface area contributed by atoms with Crippen LogP contribution in [0.15, 0.2) is 30.3 Å². The lowest BCUT2D eigenvalue weighted by Gasteiger charge is -2.37. The monoisotopic (exact) mass is 334 g/mol. The largest absolute Gasteiger partial charge is 0.445 e. The number of carbonyl (C=O) groups is 1. The topological polar surface area (TPSA) is 82.0 Å². The van der Waals surface area contributed by atoms with Gasteiger partial charge < -0.3 is 20.3 Å². The van der Waals surface area contributed by atoms with E-state index in [2.05, 4.69) is 10.2 Å². The Kier molecular flexibility index (Phi) is 5.38. The predicted molar refractivity (Wildman–Crippen MR) is 89.4 cm³/mol. The molecule has 2 fully saturated rings. The van der Waals surface area contributed by atoms with Gasteiger partial charge in [-0.2, -0.15) is 0 Å². The predicted octanol–water partition coefficient (Wildman–Crippen LogP) is 1.12. The lowest BCUT2D eigenvalue weighted by atomic mass is 9.90. The molecule has 1 aromatic carbocycles. The molecule has 0 unspecified atom stereocenters. The van der Waals surface area contributed by atoms with Crippen molar-refractivity contribution in [3.8, 4) is 0 Å². The van der Waals surface area contributed by atoms with Gasteiger partial charge in [-0.3, -0.25) is 4.90 Å². The number of aliphatic hydroxyl groups is 2. The van der Waals surface area contributed by atoms with Crippen LogP contribution in [0.4, 0.5) is 4.79 Å². The van der Waals surface area contributed by atoms with Gasteiger partial charge >= 0.3 is 6.09 Å². The van der Waals surface area contributed by atoms with Gasteiger partial charge in [0.1, 0.15) is 6.61 Å². The zero-order valence-corrected chi connectivity index (χ0v) is 13.9. The molecule has 2 atom stereocenters. The number of likely N-dealkylation sites (tertiary alicyclic amines) is 1. The van der Waals surface area contributed by atoms with Gasteiger partial charge in [-0.1, -0.05) is 30.3 Å². The van der Waals surface area contributed by atoms with E-state index in [1.165, 1.54) is 0 Å². The van der Waals surface area contributed by atoms with E-state index in [1.807, 2.05) is 30.3 Å². The SMILES string of the molecule is O=C(NC[C@H](O)CN1CCC2(CC2)[C@H](O)C1)OCc1ccccc1. The summed E-state index contributed by atoms with van der Waals surface area (Å²) in [6.07, 6.45) is 1.75. The number of alkyl carbamates (subject to hydrolysis) is 1. The van der Waals surface area contributed by atoms with Crippen molar-refractivity contribution >= 4 is 6.09 Å². The van der Waals surface area contributed by atoms with Crippen molar-refractivity contribution in [3.63, 3.8) is 0 Å². The zero-order chi connectivity index (χ0) is 17.0. The Balaban J connectivity index is 1.32. The maximum atomic E-state index is 11.7. The van der Waals surface area contributed by atoms with Crippen LogP contribution >= 0.6 is 0 Å². The molecule has 3 N–H and O–H groups in total. The van der Waals surface area contributed by atoms with Gasteiger partial charge in [0, 0.05) is 19.6 Å². The average molecular weight is 334 g/mol. The van der Waals surface area contributed by atoms with Crippen LogP contribution in [0, 0.1) is 5.41 Å².